The number of hydrogen-bond donors (Lipinski definition) is 2. The Bertz CT molecular complexity index is 952. The molecule has 2 aromatic carbocycles. The molecule has 0 saturated carbocycles. The highest BCUT2D eigenvalue weighted by atomic mass is 35.5. The van der Waals surface area contributed by atoms with Crippen molar-refractivity contribution in [3.63, 3.8) is 0 Å². The van der Waals surface area contributed by atoms with Gasteiger partial charge in [-0.1, -0.05) is 17.7 Å². The first-order valence-corrected chi connectivity index (χ1v) is 9.22. The van der Waals surface area contributed by atoms with Crippen molar-refractivity contribution in [2.45, 2.75) is 31.1 Å². The van der Waals surface area contributed by atoms with Crippen molar-refractivity contribution in [2.75, 3.05) is 10.0 Å². The Hall–Kier alpha value is -2.05. The quantitative estimate of drug-likeness (QED) is 0.872. The van der Waals surface area contributed by atoms with Crippen molar-refractivity contribution in [2.24, 2.45) is 0 Å². The van der Waals surface area contributed by atoms with Crippen molar-refractivity contribution in [3.05, 3.63) is 52.5 Å². The zero-order valence-electron chi connectivity index (χ0n) is 13.5. The van der Waals surface area contributed by atoms with E-state index in [9.17, 15) is 13.2 Å². The summed E-state index contributed by atoms with van der Waals surface area (Å²) in [6.45, 7) is 5.40. The van der Waals surface area contributed by atoms with Crippen molar-refractivity contribution in [3.8, 4) is 0 Å². The summed E-state index contributed by atoms with van der Waals surface area (Å²) in [6.07, 6.45) is 0. The van der Waals surface area contributed by atoms with Gasteiger partial charge < -0.3 is 5.32 Å². The number of sulfonamides is 1. The van der Waals surface area contributed by atoms with Gasteiger partial charge in [0.15, 0.2) is 0 Å². The Morgan fingerprint density at radius 3 is 2.50 bits per heavy atom. The van der Waals surface area contributed by atoms with Gasteiger partial charge in [0.25, 0.3) is 10.0 Å². The molecule has 0 aromatic heterocycles. The molecule has 2 N–H and O–H groups in total. The number of carbonyl (C=O) groups is 1. The Kier molecular flexibility index (Phi) is 3.85. The van der Waals surface area contributed by atoms with Crippen LogP contribution < -0.4 is 10.0 Å². The van der Waals surface area contributed by atoms with E-state index >= 15 is 0 Å². The van der Waals surface area contributed by atoms with E-state index in [1.807, 2.05) is 0 Å². The molecule has 5 nitrogen and oxygen atoms in total. The fourth-order valence-corrected chi connectivity index (χ4v) is 3.91. The van der Waals surface area contributed by atoms with Crippen LogP contribution >= 0.6 is 11.6 Å². The number of fused-ring (bicyclic) bond motifs is 1. The molecule has 1 aliphatic rings. The Balaban J connectivity index is 1.96. The van der Waals surface area contributed by atoms with Crippen molar-refractivity contribution in [1.29, 1.82) is 0 Å². The van der Waals surface area contributed by atoms with Crippen LogP contribution in [0, 0.1) is 6.92 Å². The van der Waals surface area contributed by atoms with E-state index < -0.39 is 15.4 Å². The minimum atomic E-state index is -3.76. The second kappa shape index (κ2) is 5.50. The molecule has 0 spiro atoms. The van der Waals surface area contributed by atoms with Crippen LogP contribution in [0.15, 0.2) is 41.3 Å². The van der Waals surface area contributed by atoms with Gasteiger partial charge >= 0.3 is 0 Å². The van der Waals surface area contributed by atoms with Crippen LogP contribution in [-0.4, -0.2) is 14.3 Å². The normalized spacial score (nSPS) is 15.8. The topological polar surface area (TPSA) is 75.3 Å². The van der Waals surface area contributed by atoms with E-state index in [-0.39, 0.29) is 10.8 Å². The number of hydrogen-bond acceptors (Lipinski definition) is 3. The third-order valence-electron chi connectivity index (χ3n) is 4.21. The molecule has 1 aliphatic heterocycles. The number of halogens is 1. The molecule has 1 heterocycles. The van der Waals surface area contributed by atoms with Crippen LogP contribution in [0.25, 0.3) is 0 Å². The number of aryl methyl sites for hydroxylation is 1. The van der Waals surface area contributed by atoms with E-state index in [1.165, 1.54) is 12.1 Å². The third-order valence-corrected chi connectivity index (χ3v) is 6.00. The molecule has 0 unspecified atom stereocenters. The lowest BCUT2D eigenvalue weighted by molar-refractivity contribution is -0.119. The molecule has 1 amide bonds. The summed E-state index contributed by atoms with van der Waals surface area (Å²) in [5.74, 6) is -0.108. The summed E-state index contributed by atoms with van der Waals surface area (Å²) in [4.78, 5) is 12.1. The minimum absolute atomic E-state index is 0.0899. The van der Waals surface area contributed by atoms with Gasteiger partial charge in [-0.05, 0) is 62.2 Å². The zero-order valence-corrected chi connectivity index (χ0v) is 15.0. The summed E-state index contributed by atoms with van der Waals surface area (Å²) in [5, 5.41) is 3.18. The first kappa shape index (κ1) is 16.8. The van der Waals surface area contributed by atoms with E-state index in [0.717, 1.165) is 11.1 Å². The summed E-state index contributed by atoms with van der Waals surface area (Å²) >= 11 is 6.02. The SMILES string of the molecule is Cc1ccc(S(=O)(=O)Nc2ccc3c(c2)C(C)(C)C(=O)N3)cc1Cl. The van der Waals surface area contributed by atoms with Gasteiger partial charge in [-0.3, -0.25) is 9.52 Å². The summed E-state index contributed by atoms with van der Waals surface area (Å²) in [6, 6.07) is 9.58. The predicted octanol–water partition coefficient (Wildman–Crippen LogP) is 3.68. The van der Waals surface area contributed by atoms with Gasteiger partial charge in [-0.25, -0.2) is 8.42 Å². The molecule has 0 bridgehead atoms. The standard InChI is InChI=1S/C17H17ClN2O3S/c1-10-4-6-12(9-14(10)18)24(22,23)20-11-5-7-15-13(8-11)17(2,3)16(21)19-15/h4-9,20H,1-3H3,(H,19,21). The molecule has 0 saturated heterocycles. The molecule has 7 heteroatoms. The molecule has 0 aliphatic carbocycles. The Morgan fingerprint density at radius 2 is 1.83 bits per heavy atom. The number of anilines is 2. The molecule has 126 valence electrons. The monoisotopic (exact) mass is 364 g/mol. The highest BCUT2D eigenvalue weighted by molar-refractivity contribution is 7.92. The highest BCUT2D eigenvalue weighted by Gasteiger charge is 2.38. The summed E-state index contributed by atoms with van der Waals surface area (Å²) < 4.78 is 27.6. The van der Waals surface area contributed by atoms with Crippen LogP contribution in [0.3, 0.4) is 0 Å². The van der Waals surface area contributed by atoms with Crippen LogP contribution in [0.2, 0.25) is 5.02 Å². The van der Waals surface area contributed by atoms with Gasteiger partial charge in [0.2, 0.25) is 5.91 Å². The average Bonchev–Trinajstić information content (AvgIpc) is 2.72. The van der Waals surface area contributed by atoms with Crippen molar-refractivity contribution >= 4 is 38.9 Å². The summed E-state index contributed by atoms with van der Waals surface area (Å²) in [5.41, 5.74) is 1.96. The first-order valence-electron chi connectivity index (χ1n) is 7.36. The minimum Gasteiger partial charge on any atom is -0.325 e. The van der Waals surface area contributed by atoms with Crippen molar-refractivity contribution in [1.82, 2.24) is 0 Å². The van der Waals surface area contributed by atoms with Gasteiger partial charge in [0.05, 0.1) is 10.3 Å². The molecule has 24 heavy (non-hydrogen) atoms. The lowest BCUT2D eigenvalue weighted by Crippen LogP contribution is -2.26. The maximum absolute atomic E-state index is 12.5. The Labute approximate surface area is 146 Å². The van der Waals surface area contributed by atoms with Crippen molar-refractivity contribution < 1.29 is 13.2 Å². The number of benzene rings is 2. The zero-order chi connectivity index (χ0) is 17.7. The second-order valence-electron chi connectivity index (χ2n) is 6.36. The smallest absolute Gasteiger partial charge is 0.261 e. The van der Waals surface area contributed by atoms with Gasteiger partial charge in [-0.2, -0.15) is 0 Å². The maximum Gasteiger partial charge on any atom is 0.261 e. The molecular formula is C17H17ClN2O3S. The summed E-state index contributed by atoms with van der Waals surface area (Å²) in [7, 11) is -3.76. The molecule has 3 rings (SSSR count). The Morgan fingerprint density at radius 1 is 1.12 bits per heavy atom. The maximum atomic E-state index is 12.5. The van der Waals surface area contributed by atoms with E-state index in [0.29, 0.717) is 16.4 Å². The first-order chi connectivity index (χ1) is 11.1. The average molecular weight is 365 g/mol. The van der Waals surface area contributed by atoms with Crippen LogP contribution in [0.4, 0.5) is 11.4 Å². The number of carbonyl (C=O) groups excluding carboxylic acids is 1. The van der Waals surface area contributed by atoms with E-state index in [4.69, 9.17) is 11.6 Å². The van der Waals surface area contributed by atoms with E-state index in [2.05, 4.69) is 10.0 Å². The highest BCUT2D eigenvalue weighted by Crippen LogP contribution is 2.39. The fourth-order valence-electron chi connectivity index (χ4n) is 2.59. The van der Waals surface area contributed by atoms with Crippen LogP contribution in [-0.2, 0) is 20.2 Å². The van der Waals surface area contributed by atoms with Crippen LogP contribution in [0.5, 0.6) is 0 Å². The predicted molar refractivity (Wildman–Crippen MR) is 95.1 cm³/mol. The van der Waals surface area contributed by atoms with Gasteiger partial charge in [0, 0.05) is 16.4 Å². The molecule has 0 radical (unpaired) electrons. The number of rotatable bonds is 3. The number of amides is 1. The molecule has 0 atom stereocenters. The lowest BCUT2D eigenvalue weighted by Gasteiger charge is -2.16. The molecule has 2 aromatic rings. The van der Waals surface area contributed by atoms with Gasteiger partial charge in [0.1, 0.15) is 0 Å². The largest absolute Gasteiger partial charge is 0.325 e. The van der Waals surface area contributed by atoms with E-state index in [1.54, 1.807) is 45.0 Å². The molecule has 0 fully saturated rings. The third kappa shape index (κ3) is 2.76. The van der Waals surface area contributed by atoms with Crippen LogP contribution in [0.1, 0.15) is 25.0 Å². The fraction of sp³-hybridized carbons (Fsp3) is 0.235. The number of nitrogens with one attached hydrogen (secondary N) is 2. The lowest BCUT2D eigenvalue weighted by atomic mass is 9.86. The van der Waals surface area contributed by atoms with Gasteiger partial charge in [-0.15, -0.1) is 0 Å². The molecular weight excluding hydrogens is 348 g/mol. The second-order valence-corrected chi connectivity index (χ2v) is 8.45.